The van der Waals surface area contributed by atoms with Gasteiger partial charge >= 0.3 is 6.18 Å². The van der Waals surface area contributed by atoms with Crippen LogP contribution in [0.2, 0.25) is 0 Å². The molecule has 0 unspecified atom stereocenters. The molecule has 2 aromatic carbocycles. The molecule has 1 saturated carbocycles. The van der Waals surface area contributed by atoms with Crippen LogP contribution in [0, 0.1) is 6.92 Å². The topological polar surface area (TPSA) is 94.7 Å². The number of nitrogens with one attached hydrogen (secondary N) is 4. The van der Waals surface area contributed by atoms with E-state index in [1.54, 1.807) is 24.4 Å². The number of fused-ring (bicyclic) bond motifs is 1. The summed E-state index contributed by atoms with van der Waals surface area (Å²) >= 11 is 0. The molecule has 0 radical (unpaired) electrons. The first kappa shape index (κ1) is 24.6. The highest BCUT2D eigenvalue weighted by molar-refractivity contribution is 6.05. The Bertz CT molecular complexity index is 1430. The molecule has 5 rings (SSSR count). The van der Waals surface area contributed by atoms with Crippen molar-refractivity contribution in [3.8, 4) is 0 Å². The number of carbonyl (C=O) groups excluding carboxylic acids is 1. The monoisotopic (exact) mass is 508 g/mol. The quantitative estimate of drug-likeness (QED) is 0.224. The number of hydrogen-bond donors (Lipinski definition) is 4. The van der Waals surface area contributed by atoms with Crippen LogP contribution in [0.4, 0.5) is 36.3 Å². The molecule has 4 N–H and O–H groups in total. The number of nitrogens with zero attached hydrogens (tertiary/aromatic N) is 2. The van der Waals surface area contributed by atoms with Gasteiger partial charge in [0.2, 0.25) is 5.95 Å². The first-order chi connectivity index (χ1) is 17.8. The van der Waals surface area contributed by atoms with E-state index in [9.17, 15) is 18.0 Å². The first-order valence-corrected chi connectivity index (χ1v) is 12.2. The molecule has 7 nitrogen and oxygen atoms in total. The Balaban J connectivity index is 1.38. The van der Waals surface area contributed by atoms with Gasteiger partial charge in [0.05, 0.1) is 11.1 Å². The molecule has 2 heterocycles. The van der Waals surface area contributed by atoms with Gasteiger partial charge in [0.25, 0.3) is 5.91 Å². The highest BCUT2D eigenvalue weighted by Gasteiger charge is 2.30. The molecule has 2 aromatic heterocycles. The van der Waals surface area contributed by atoms with E-state index in [1.807, 2.05) is 13.0 Å². The second-order valence-electron chi connectivity index (χ2n) is 9.30. The summed E-state index contributed by atoms with van der Waals surface area (Å²) in [5, 5.41) is 9.32. The Morgan fingerprint density at radius 2 is 1.84 bits per heavy atom. The van der Waals surface area contributed by atoms with Crippen molar-refractivity contribution in [1.29, 1.82) is 0 Å². The zero-order valence-corrected chi connectivity index (χ0v) is 20.2. The van der Waals surface area contributed by atoms with E-state index < -0.39 is 17.6 Å². The normalized spacial score (nSPS) is 14.5. The number of aromatic nitrogens is 3. The van der Waals surface area contributed by atoms with Crippen LogP contribution < -0.4 is 16.0 Å². The van der Waals surface area contributed by atoms with E-state index in [4.69, 9.17) is 4.98 Å². The molecule has 37 heavy (non-hydrogen) atoms. The lowest BCUT2D eigenvalue weighted by Crippen LogP contribution is -2.23. The Hall–Kier alpha value is -4.08. The fourth-order valence-corrected chi connectivity index (χ4v) is 4.53. The van der Waals surface area contributed by atoms with Crippen molar-refractivity contribution in [1.82, 2.24) is 15.0 Å². The molecule has 0 atom stereocenters. The molecule has 0 bridgehead atoms. The number of alkyl halides is 3. The van der Waals surface area contributed by atoms with Crippen LogP contribution in [0.25, 0.3) is 11.0 Å². The van der Waals surface area contributed by atoms with Crippen molar-refractivity contribution >= 4 is 40.1 Å². The van der Waals surface area contributed by atoms with Gasteiger partial charge < -0.3 is 20.9 Å². The van der Waals surface area contributed by atoms with Crippen LogP contribution in [0.1, 0.15) is 53.6 Å². The van der Waals surface area contributed by atoms with Gasteiger partial charge in [-0.15, -0.1) is 0 Å². The van der Waals surface area contributed by atoms with Crippen LogP contribution in [0.5, 0.6) is 0 Å². The summed E-state index contributed by atoms with van der Waals surface area (Å²) < 4.78 is 39.1. The molecule has 0 spiro atoms. The Morgan fingerprint density at radius 3 is 2.62 bits per heavy atom. The van der Waals surface area contributed by atoms with E-state index in [0.717, 1.165) is 41.6 Å². The summed E-state index contributed by atoms with van der Waals surface area (Å²) in [5.41, 5.74) is 2.54. The number of H-pyrrole nitrogens is 1. The Labute approximate surface area is 211 Å². The first-order valence-electron chi connectivity index (χ1n) is 12.2. The lowest BCUT2D eigenvalue weighted by molar-refractivity contribution is -0.137. The van der Waals surface area contributed by atoms with Crippen molar-refractivity contribution in [2.45, 2.75) is 51.2 Å². The van der Waals surface area contributed by atoms with Crippen molar-refractivity contribution in [3.63, 3.8) is 0 Å². The van der Waals surface area contributed by atoms with Gasteiger partial charge in [-0.1, -0.05) is 31.4 Å². The van der Waals surface area contributed by atoms with Crippen LogP contribution in [0.15, 0.2) is 54.7 Å². The van der Waals surface area contributed by atoms with E-state index >= 15 is 0 Å². The summed E-state index contributed by atoms with van der Waals surface area (Å²) in [6, 6.07) is 11.8. The number of carbonyl (C=O) groups is 1. The van der Waals surface area contributed by atoms with Crippen LogP contribution >= 0.6 is 0 Å². The molecular weight excluding hydrogens is 481 g/mol. The lowest BCUT2D eigenvalue weighted by atomic mass is 9.96. The van der Waals surface area contributed by atoms with Crippen molar-refractivity contribution in [3.05, 3.63) is 71.4 Å². The Morgan fingerprint density at radius 1 is 1.03 bits per heavy atom. The summed E-state index contributed by atoms with van der Waals surface area (Å²) in [7, 11) is 0. The van der Waals surface area contributed by atoms with Crippen molar-refractivity contribution in [2.75, 3.05) is 16.0 Å². The van der Waals surface area contributed by atoms with Crippen molar-refractivity contribution < 1.29 is 18.0 Å². The minimum atomic E-state index is -4.49. The van der Waals surface area contributed by atoms with Gasteiger partial charge in [-0.3, -0.25) is 4.79 Å². The standard InChI is InChI=1S/C27H27F3N6O/c1-16-10-11-17(25(37)32-20-9-5-6-18(15-20)27(28,29)30)14-22(16)34-24-23-21(12-13-31-23)35-26(36-24)33-19-7-3-2-4-8-19/h5-6,9-15,19,31H,2-4,7-8H2,1H3,(H,32,37)(H2,33,34,35,36). The Kier molecular flexibility index (Phi) is 6.73. The average molecular weight is 509 g/mol. The smallest absolute Gasteiger partial charge is 0.357 e. The zero-order valence-electron chi connectivity index (χ0n) is 20.2. The van der Waals surface area contributed by atoms with Gasteiger partial charge in [0, 0.05) is 29.2 Å². The zero-order chi connectivity index (χ0) is 26.0. The van der Waals surface area contributed by atoms with Gasteiger partial charge in [0.1, 0.15) is 5.52 Å². The minimum absolute atomic E-state index is 0.0669. The average Bonchev–Trinajstić information content (AvgIpc) is 3.35. The largest absolute Gasteiger partial charge is 0.416 e. The SMILES string of the molecule is Cc1ccc(C(=O)Nc2cccc(C(F)(F)F)c2)cc1Nc1nc(NC2CCCCC2)nc2cc[nH]c12. The number of amides is 1. The maximum Gasteiger partial charge on any atom is 0.416 e. The molecule has 10 heteroatoms. The van der Waals surface area contributed by atoms with Gasteiger partial charge in [-0.25, -0.2) is 4.98 Å². The second kappa shape index (κ2) is 10.1. The fourth-order valence-electron chi connectivity index (χ4n) is 4.53. The summed E-state index contributed by atoms with van der Waals surface area (Å²) in [5.74, 6) is 0.583. The molecule has 192 valence electrons. The highest BCUT2D eigenvalue weighted by Crippen LogP contribution is 2.31. The maximum atomic E-state index is 13.0. The molecule has 1 aliphatic carbocycles. The van der Waals surface area contributed by atoms with Crippen LogP contribution in [-0.2, 0) is 6.18 Å². The number of hydrogen-bond acceptors (Lipinski definition) is 5. The second-order valence-corrected chi connectivity index (χ2v) is 9.30. The third kappa shape index (κ3) is 5.68. The fraction of sp³-hybridized carbons (Fsp3) is 0.296. The van der Waals surface area contributed by atoms with Gasteiger partial charge in [-0.05, 0) is 61.7 Å². The number of aromatic amines is 1. The number of aryl methyl sites for hydroxylation is 1. The van der Waals surface area contributed by atoms with Gasteiger partial charge in [-0.2, -0.15) is 18.2 Å². The molecule has 4 aromatic rings. The molecule has 1 fully saturated rings. The molecule has 0 aliphatic heterocycles. The van der Waals surface area contributed by atoms with E-state index in [0.29, 0.717) is 29.1 Å². The summed E-state index contributed by atoms with van der Waals surface area (Å²) in [4.78, 5) is 25.4. The molecule has 0 saturated heterocycles. The summed E-state index contributed by atoms with van der Waals surface area (Å²) in [6.45, 7) is 1.89. The highest BCUT2D eigenvalue weighted by atomic mass is 19.4. The predicted octanol–water partition coefficient (Wildman–Crippen LogP) is 7.03. The number of halogens is 3. The van der Waals surface area contributed by atoms with E-state index in [1.165, 1.54) is 31.4 Å². The third-order valence-corrected chi connectivity index (χ3v) is 6.54. The molecular formula is C27H27F3N6O. The number of benzene rings is 2. The maximum absolute atomic E-state index is 13.0. The van der Waals surface area contributed by atoms with E-state index in [2.05, 4.69) is 25.9 Å². The summed E-state index contributed by atoms with van der Waals surface area (Å²) in [6.07, 6.45) is 3.08. The number of rotatable bonds is 6. The lowest BCUT2D eigenvalue weighted by Gasteiger charge is -2.23. The van der Waals surface area contributed by atoms with Crippen molar-refractivity contribution in [2.24, 2.45) is 0 Å². The van der Waals surface area contributed by atoms with Gasteiger partial charge in [0.15, 0.2) is 5.82 Å². The number of anilines is 4. The molecule has 1 aliphatic rings. The van der Waals surface area contributed by atoms with Crippen LogP contribution in [-0.4, -0.2) is 26.9 Å². The predicted molar refractivity (Wildman–Crippen MR) is 138 cm³/mol. The third-order valence-electron chi connectivity index (χ3n) is 6.54. The molecule has 1 amide bonds. The van der Waals surface area contributed by atoms with Crippen LogP contribution in [0.3, 0.4) is 0 Å². The minimum Gasteiger partial charge on any atom is -0.357 e. The van der Waals surface area contributed by atoms with E-state index in [-0.39, 0.29) is 5.69 Å².